The van der Waals surface area contributed by atoms with Crippen LogP contribution >= 0.6 is 0 Å². The molecular weight excluding hydrogens is 158 g/mol. The summed E-state index contributed by atoms with van der Waals surface area (Å²) < 4.78 is 0. The highest BCUT2D eigenvalue weighted by Crippen LogP contribution is 2.20. The molecule has 0 saturated carbocycles. The number of rotatable bonds is 3. The van der Waals surface area contributed by atoms with E-state index in [0.717, 1.165) is 18.4 Å². The normalized spacial score (nSPS) is 12.1. The molecule has 0 aliphatic rings. The minimum atomic E-state index is 0.505. The maximum atomic E-state index is 8.71. The molecule has 0 aromatic heterocycles. The molecule has 0 amide bonds. The SMILES string of the molecule is [CH2]CCC(C)c1cccc(C#N)c1. The van der Waals surface area contributed by atoms with Gasteiger partial charge in [-0.25, -0.2) is 0 Å². The van der Waals surface area contributed by atoms with E-state index >= 15 is 0 Å². The third kappa shape index (κ3) is 2.59. The molecule has 1 unspecified atom stereocenters. The van der Waals surface area contributed by atoms with Crippen molar-refractivity contribution < 1.29 is 0 Å². The van der Waals surface area contributed by atoms with Crippen LogP contribution in [0.5, 0.6) is 0 Å². The first-order chi connectivity index (χ1) is 6.27. The summed E-state index contributed by atoms with van der Waals surface area (Å²) in [6, 6.07) is 9.95. The Labute approximate surface area is 80.0 Å². The van der Waals surface area contributed by atoms with Crippen molar-refractivity contribution in [1.29, 1.82) is 5.26 Å². The smallest absolute Gasteiger partial charge is 0.0991 e. The van der Waals surface area contributed by atoms with Crippen molar-refractivity contribution in [2.45, 2.75) is 25.7 Å². The van der Waals surface area contributed by atoms with Crippen LogP contribution in [0.2, 0.25) is 0 Å². The molecule has 0 aliphatic carbocycles. The summed E-state index contributed by atoms with van der Waals surface area (Å²) in [6.45, 7) is 6.00. The van der Waals surface area contributed by atoms with Gasteiger partial charge in [0, 0.05) is 0 Å². The van der Waals surface area contributed by atoms with E-state index in [2.05, 4.69) is 26.0 Å². The molecule has 0 saturated heterocycles. The average molecular weight is 172 g/mol. The fraction of sp³-hybridized carbons (Fsp3) is 0.333. The summed E-state index contributed by atoms with van der Waals surface area (Å²) in [5, 5.41) is 8.71. The van der Waals surface area contributed by atoms with Crippen LogP contribution < -0.4 is 0 Å². The molecule has 1 aromatic carbocycles. The number of nitriles is 1. The van der Waals surface area contributed by atoms with Gasteiger partial charge in [-0.15, -0.1) is 0 Å². The molecule has 1 nitrogen and oxygen atoms in total. The highest BCUT2D eigenvalue weighted by Gasteiger charge is 2.04. The minimum Gasteiger partial charge on any atom is -0.192 e. The van der Waals surface area contributed by atoms with Gasteiger partial charge in [-0.1, -0.05) is 32.4 Å². The Hall–Kier alpha value is -1.29. The van der Waals surface area contributed by atoms with E-state index < -0.39 is 0 Å². The molecular formula is C12H14N. The monoisotopic (exact) mass is 172 g/mol. The van der Waals surface area contributed by atoms with Gasteiger partial charge in [0.2, 0.25) is 0 Å². The molecule has 1 aromatic rings. The van der Waals surface area contributed by atoms with E-state index in [1.165, 1.54) is 5.56 Å². The first kappa shape index (κ1) is 9.80. The Morgan fingerprint density at radius 3 is 2.92 bits per heavy atom. The lowest BCUT2D eigenvalue weighted by Crippen LogP contribution is -1.92. The molecule has 0 aliphatic heterocycles. The predicted octanol–water partition coefficient (Wildman–Crippen LogP) is 3.28. The maximum Gasteiger partial charge on any atom is 0.0991 e. The first-order valence-corrected chi connectivity index (χ1v) is 4.57. The van der Waals surface area contributed by atoms with Crippen LogP contribution in [-0.4, -0.2) is 0 Å². The van der Waals surface area contributed by atoms with Gasteiger partial charge in [0.05, 0.1) is 11.6 Å². The molecule has 1 heteroatoms. The summed E-state index contributed by atoms with van der Waals surface area (Å²) >= 11 is 0. The van der Waals surface area contributed by atoms with Gasteiger partial charge in [0.15, 0.2) is 0 Å². The summed E-state index contributed by atoms with van der Waals surface area (Å²) in [6.07, 6.45) is 2.02. The second-order valence-corrected chi connectivity index (χ2v) is 3.28. The van der Waals surface area contributed by atoms with Crippen LogP contribution in [-0.2, 0) is 0 Å². The minimum absolute atomic E-state index is 0.505. The number of benzene rings is 1. The van der Waals surface area contributed by atoms with Crippen molar-refractivity contribution in [3.05, 3.63) is 42.3 Å². The zero-order valence-electron chi connectivity index (χ0n) is 7.96. The van der Waals surface area contributed by atoms with E-state index in [4.69, 9.17) is 5.26 Å². The van der Waals surface area contributed by atoms with Crippen LogP contribution in [0.25, 0.3) is 0 Å². The number of hydrogen-bond donors (Lipinski definition) is 0. The standard InChI is InChI=1S/C12H14N/c1-3-5-10(2)12-7-4-6-11(8-12)9-13/h4,6-8,10H,1,3,5H2,2H3. The Morgan fingerprint density at radius 2 is 2.31 bits per heavy atom. The Morgan fingerprint density at radius 1 is 1.54 bits per heavy atom. The Bertz CT molecular complexity index is 309. The second-order valence-electron chi connectivity index (χ2n) is 3.28. The fourth-order valence-corrected chi connectivity index (χ4v) is 1.39. The largest absolute Gasteiger partial charge is 0.192 e. The van der Waals surface area contributed by atoms with Gasteiger partial charge < -0.3 is 0 Å². The molecule has 67 valence electrons. The van der Waals surface area contributed by atoms with Crippen molar-refractivity contribution in [2.24, 2.45) is 0 Å². The summed E-state index contributed by atoms with van der Waals surface area (Å²) in [5.74, 6) is 0.505. The van der Waals surface area contributed by atoms with E-state index in [9.17, 15) is 0 Å². The van der Waals surface area contributed by atoms with Gasteiger partial charge in [-0.3, -0.25) is 0 Å². The van der Waals surface area contributed by atoms with E-state index in [1.54, 1.807) is 0 Å². The van der Waals surface area contributed by atoms with Crippen LogP contribution in [0.1, 0.15) is 36.8 Å². The third-order valence-electron chi connectivity index (χ3n) is 2.22. The van der Waals surface area contributed by atoms with Gasteiger partial charge in [0.1, 0.15) is 0 Å². The lowest BCUT2D eigenvalue weighted by molar-refractivity contribution is 0.689. The molecule has 1 radical (unpaired) electrons. The molecule has 0 fully saturated rings. The second kappa shape index (κ2) is 4.67. The quantitative estimate of drug-likeness (QED) is 0.686. The first-order valence-electron chi connectivity index (χ1n) is 4.57. The molecule has 1 rings (SSSR count). The molecule has 0 N–H and O–H groups in total. The van der Waals surface area contributed by atoms with Crippen molar-refractivity contribution in [3.63, 3.8) is 0 Å². The zero-order chi connectivity index (χ0) is 9.68. The lowest BCUT2D eigenvalue weighted by atomic mass is 9.95. The zero-order valence-corrected chi connectivity index (χ0v) is 7.96. The molecule has 1 atom stereocenters. The lowest BCUT2D eigenvalue weighted by Gasteiger charge is -2.09. The fourth-order valence-electron chi connectivity index (χ4n) is 1.39. The van der Waals surface area contributed by atoms with Crippen LogP contribution in [0, 0.1) is 18.3 Å². The average Bonchev–Trinajstić information content (AvgIpc) is 2.18. The summed E-state index contributed by atoms with van der Waals surface area (Å²) in [4.78, 5) is 0. The van der Waals surface area contributed by atoms with E-state index in [-0.39, 0.29) is 0 Å². The van der Waals surface area contributed by atoms with Crippen molar-refractivity contribution >= 4 is 0 Å². The molecule has 0 bridgehead atoms. The topological polar surface area (TPSA) is 23.8 Å². The van der Waals surface area contributed by atoms with Gasteiger partial charge >= 0.3 is 0 Å². The van der Waals surface area contributed by atoms with Crippen LogP contribution in [0.4, 0.5) is 0 Å². The van der Waals surface area contributed by atoms with Crippen molar-refractivity contribution in [1.82, 2.24) is 0 Å². The summed E-state index contributed by atoms with van der Waals surface area (Å²) in [5.41, 5.74) is 1.98. The predicted molar refractivity (Wildman–Crippen MR) is 54.2 cm³/mol. The van der Waals surface area contributed by atoms with E-state index in [1.807, 2.05) is 18.2 Å². The number of hydrogen-bond acceptors (Lipinski definition) is 1. The van der Waals surface area contributed by atoms with Crippen LogP contribution in [0.3, 0.4) is 0 Å². The number of nitrogens with zero attached hydrogens (tertiary/aromatic N) is 1. The highest BCUT2D eigenvalue weighted by atomic mass is 14.2. The Kier molecular flexibility index (Phi) is 3.52. The highest BCUT2D eigenvalue weighted by molar-refractivity contribution is 5.34. The van der Waals surface area contributed by atoms with Crippen molar-refractivity contribution in [2.75, 3.05) is 0 Å². The molecule has 0 heterocycles. The Balaban J connectivity index is 2.83. The van der Waals surface area contributed by atoms with Gasteiger partial charge in [0.25, 0.3) is 0 Å². The van der Waals surface area contributed by atoms with Crippen LogP contribution in [0.15, 0.2) is 24.3 Å². The third-order valence-corrected chi connectivity index (χ3v) is 2.22. The van der Waals surface area contributed by atoms with Crippen molar-refractivity contribution in [3.8, 4) is 6.07 Å². The molecule has 13 heavy (non-hydrogen) atoms. The van der Waals surface area contributed by atoms with E-state index in [0.29, 0.717) is 5.92 Å². The van der Waals surface area contributed by atoms with Gasteiger partial charge in [-0.05, 0) is 30.0 Å². The maximum absolute atomic E-state index is 8.71. The van der Waals surface area contributed by atoms with Gasteiger partial charge in [-0.2, -0.15) is 5.26 Å². The molecule has 0 spiro atoms. The summed E-state index contributed by atoms with van der Waals surface area (Å²) in [7, 11) is 0.